The summed E-state index contributed by atoms with van der Waals surface area (Å²) in [5.41, 5.74) is 0.814. The van der Waals surface area contributed by atoms with Crippen molar-refractivity contribution in [3.63, 3.8) is 0 Å². The van der Waals surface area contributed by atoms with E-state index in [0.717, 1.165) is 11.4 Å². The van der Waals surface area contributed by atoms with Gasteiger partial charge in [0.2, 0.25) is 10.0 Å². The van der Waals surface area contributed by atoms with Crippen molar-refractivity contribution in [3.8, 4) is 5.75 Å². The van der Waals surface area contributed by atoms with Crippen molar-refractivity contribution < 1.29 is 17.9 Å². The summed E-state index contributed by atoms with van der Waals surface area (Å²) in [5, 5.41) is 0. The molecule has 0 aliphatic carbocycles. The summed E-state index contributed by atoms with van der Waals surface area (Å²) in [6.07, 6.45) is 2.32. The minimum Gasteiger partial charge on any atom is -0.487 e. The summed E-state index contributed by atoms with van der Waals surface area (Å²) in [7, 11) is -3.28. The monoisotopic (exact) mass is 328 g/mol. The summed E-state index contributed by atoms with van der Waals surface area (Å²) >= 11 is 0. The second-order valence-corrected chi connectivity index (χ2v) is 7.80. The molecule has 1 fully saturated rings. The van der Waals surface area contributed by atoms with Crippen LogP contribution in [-0.4, -0.2) is 55.4 Å². The summed E-state index contributed by atoms with van der Waals surface area (Å²) in [6, 6.07) is 3.67. The molecule has 0 amide bonds. The highest BCUT2D eigenvalue weighted by atomic mass is 32.2. The topological polar surface area (TPSA) is 68.7 Å². The molecule has 2 heterocycles. The highest BCUT2D eigenvalue weighted by Crippen LogP contribution is 2.22. The Morgan fingerprint density at radius 3 is 2.91 bits per heavy atom. The van der Waals surface area contributed by atoms with Crippen LogP contribution in [0.4, 0.5) is 0 Å². The summed E-state index contributed by atoms with van der Waals surface area (Å²) < 4.78 is 37.2. The molecular formula is C15H24N2O4S. The van der Waals surface area contributed by atoms with Crippen molar-refractivity contribution in [2.24, 2.45) is 0 Å². The maximum Gasteiger partial charge on any atom is 0.216 e. The third-order valence-corrected chi connectivity index (χ3v) is 5.35. The van der Waals surface area contributed by atoms with Gasteiger partial charge in [-0.05, 0) is 39.3 Å². The molecule has 0 saturated carbocycles. The quantitative estimate of drug-likeness (QED) is 0.760. The standard InChI is InChI=1S/C15H24N2O4S/c1-12(2)20-9-10-22(18,19)17-8-6-14(11-17)21-15-5-4-7-16-13(15)3/h4-5,7,12,14H,6,8-11H2,1-3H3/t14-/m0/s1. The molecule has 124 valence electrons. The number of hydrogen-bond acceptors (Lipinski definition) is 5. The number of aryl methyl sites for hydroxylation is 1. The van der Waals surface area contributed by atoms with E-state index in [0.29, 0.717) is 19.5 Å². The summed E-state index contributed by atoms with van der Waals surface area (Å²) in [5.74, 6) is 0.735. The highest BCUT2D eigenvalue weighted by Gasteiger charge is 2.32. The van der Waals surface area contributed by atoms with E-state index in [9.17, 15) is 8.42 Å². The van der Waals surface area contributed by atoms with Gasteiger partial charge in [0.1, 0.15) is 11.9 Å². The van der Waals surface area contributed by atoms with Crippen LogP contribution >= 0.6 is 0 Å². The van der Waals surface area contributed by atoms with E-state index in [1.807, 2.05) is 32.9 Å². The average molecular weight is 328 g/mol. The van der Waals surface area contributed by atoms with Crippen LogP contribution < -0.4 is 4.74 Å². The molecule has 0 bridgehead atoms. The average Bonchev–Trinajstić information content (AvgIpc) is 2.90. The van der Waals surface area contributed by atoms with Crippen LogP contribution in [0.25, 0.3) is 0 Å². The second-order valence-electron chi connectivity index (χ2n) is 5.71. The Labute approximate surface area is 132 Å². The minimum absolute atomic E-state index is 0.0177. The number of pyridine rings is 1. The summed E-state index contributed by atoms with van der Waals surface area (Å²) in [4.78, 5) is 4.17. The van der Waals surface area contributed by atoms with E-state index < -0.39 is 10.0 Å². The molecule has 1 aliphatic rings. The van der Waals surface area contributed by atoms with Gasteiger partial charge < -0.3 is 9.47 Å². The van der Waals surface area contributed by atoms with Crippen molar-refractivity contribution in [3.05, 3.63) is 24.0 Å². The van der Waals surface area contributed by atoms with Crippen molar-refractivity contribution in [2.45, 2.75) is 39.4 Å². The second kappa shape index (κ2) is 7.39. The lowest BCUT2D eigenvalue weighted by Gasteiger charge is -2.18. The first-order valence-corrected chi connectivity index (χ1v) is 9.17. The third-order valence-electron chi connectivity index (χ3n) is 3.55. The van der Waals surface area contributed by atoms with Gasteiger partial charge in [-0.15, -0.1) is 0 Å². The molecule has 6 nitrogen and oxygen atoms in total. The van der Waals surface area contributed by atoms with E-state index in [-0.39, 0.29) is 24.6 Å². The molecule has 0 aromatic carbocycles. The van der Waals surface area contributed by atoms with E-state index in [2.05, 4.69) is 4.98 Å². The predicted octanol–water partition coefficient (Wildman–Crippen LogP) is 1.60. The smallest absolute Gasteiger partial charge is 0.216 e. The first-order valence-electron chi connectivity index (χ1n) is 7.56. The SMILES string of the molecule is Cc1ncccc1O[C@H]1CCN(S(=O)(=O)CCOC(C)C)C1. The van der Waals surface area contributed by atoms with Crippen LogP contribution in [-0.2, 0) is 14.8 Å². The fourth-order valence-electron chi connectivity index (χ4n) is 2.34. The highest BCUT2D eigenvalue weighted by molar-refractivity contribution is 7.89. The Balaban J connectivity index is 1.88. The molecule has 1 aliphatic heterocycles. The number of ether oxygens (including phenoxy) is 2. The predicted molar refractivity (Wildman–Crippen MR) is 84.5 cm³/mol. The molecule has 2 rings (SSSR count). The number of aromatic nitrogens is 1. The zero-order valence-electron chi connectivity index (χ0n) is 13.4. The fourth-order valence-corrected chi connectivity index (χ4v) is 3.68. The molecule has 0 unspecified atom stereocenters. The van der Waals surface area contributed by atoms with Crippen molar-refractivity contribution in [1.82, 2.24) is 9.29 Å². The number of rotatable bonds is 7. The van der Waals surface area contributed by atoms with Gasteiger partial charge in [-0.25, -0.2) is 8.42 Å². The summed E-state index contributed by atoms with van der Waals surface area (Å²) in [6.45, 7) is 6.77. The molecule has 0 spiro atoms. The number of sulfonamides is 1. The first-order chi connectivity index (χ1) is 10.4. The molecule has 1 aromatic heterocycles. The van der Waals surface area contributed by atoms with Crippen molar-refractivity contribution in [1.29, 1.82) is 0 Å². The maximum absolute atomic E-state index is 12.3. The molecule has 1 atom stereocenters. The first kappa shape index (κ1) is 17.2. The lowest BCUT2D eigenvalue weighted by molar-refractivity contribution is 0.0907. The zero-order chi connectivity index (χ0) is 16.2. The van der Waals surface area contributed by atoms with Crippen LogP contribution in [0.5, 0.6) is 5.75 Å². The van der Waals surface area contributed by atoms with E-state index in [1.54, 1.807) is 6.20 Å². The van der Waals surface area contributed by atoms with Gasteiger partial charge in [0.15, 0.2) is 0 Å². The Morgan fingerprint density at radius 1 is 1.45 bits per heavy atom. The van der Waals surface area contributed by atoms with Crippen molar-refractivity contribution in [2.75, 3.05) is 25.4 Å². The van der Waals surface area contributed by atoms with Gasteiger partial charge in [-0.2, -0.15) is 4.31 Å². The van der Waals surface area contributed by atoms with E-state index in [1.165, 1.54) is 4.31 Å². The number of hydrogen-bond donors (Lipinski definition) is 0. The zero-order valence-corrected chi connectivity index (χ0v) is 14.2. The van der Waals surface area contributed by atoms with Crippen LogP contribution in [0.2, 0.25) is 0 Å². The van der Waals surface area contributed by atoms with Gasteiger partial charge >= 0.3 is 0 Å². The van der Waals surface area contributed by atoms with Crippen LogP contribution in [0.3, 0.4) is 0 Å². The molecule has 1 saturated heterocycles. The fraction of sp³-hybridized carbons (Fsp3) is 0.667. The molecular weight excluding hydrogens is 304 g/mol. The van der Waals surface area contributed by atoms with E-state index >= 15 is 0 Å². The van der Waals surface area contributed by atoms with Gasteiger partial charge in [0.25, 0.3) is 0 Å². The molecule has 22 heavy (non-hydrogen) atoms. The van der Waals surface area contributed by atoms with Crippen LogP contribution in [0.1, 0.15) is 26.0 Å². The molecule has 0 N–H and O–H groups in total. The minimum atomic E-state index is -3.28. The Morgan fingerprint density at radius 2 is 2.23 bits per heavy atom. The van der Waals surface area contributed by atoms with Gasteiger partial charge in [-0.3, -0.25) is 4.98 Å². The Bertz CT molecular complexity index is 589. The number of nitrogens with zero attached hydrogens (tertiary/aromatic N) is 2. The normalized spacial score (nSPS) is 19.7. The van der Waals surface area contributed by atoms with Gasteiger partial charge in [0, 0.05) is 12.7 Å². The Hall–Kier alpha value is -1.18. The molecule has 0 radical (unpaired) electrons. The molecule has 7 heteroatoms. The third kappa shape index (κ3) is 4.66. The van der Waals surface area contributed by atoms with Crippen molar-refractivity contribution >= 4 is 10.0 Å². The Kier molecular flexibility index (Phi) is 5.77. The van der Waals surface area contributed by atoms with Gasteiger partial charge in [-0.1, -0.05) is 0 Å². The maximum atomic E-state index is 12.3. The molecule has 1 aromatic rings. The lowest BCUT2D eigenvalue weighted by Crippen LogP contribution is -2.34. The van der Waals surface area contributed by atoms with Crippen LogP contribution in [0.15, 0.2) is 18.3 Å². The van der Waals surface area contributed by atoms with Gasteiger partial charge in [0.05, 0.1) is 30.7 Å². The van der Waals surface area contributed by atoms with Crippen LogP contribution in [0, 0.1) is 6.92 Å². The van der Waals surface area contributed by atoms with E-state index in [4.69, 9.17) is 9.47 Å². The lowest BCUT2D eigenvalue weighted by atomic mass is 10.3. The largest absolute Gasteiger partial charge is 0.487 e.